The number of halogens is 1. The molecule has 0 radical (unpaired) electrons. The lowest BCUT2D eigenvalue weighted by Crippen LogP contribution is -1.97. The third-order valence-electron chi connectivity index (χ3n) is 1.87. The van der Waals surface area contributed by atoms with Gasteiger partial charge in [-0.1, -0.05) is 17.7 Å². The Hall–Kier alpha value is -0.380. The molecule has 12 heavy (non-hydrogen) atoms. The van der Waals surface area contributed by atoms with Crippen LogP contribution in [-0.4, -0.2) is 3.79 Å². The van der Waals surface area contributed by atoms with Crippen LogP contribution in [-0.2, 0) is 0 Å². The van der Waals surface area contributed by atoms with Gasteiger partial charge >= 0.3 is 0 Å². The molecule has 0 amide bonds. The quantitative estimate of drug-likeness (QED) is 0.567. The smallest absolute Gasteiger partial charge is 0.222 e. The van der Waals surface area contributed by atoms with E-state index >= 15 is 0 Å². The van der Waals surface area contributed by atoms with Crippen LogP contribution in [0.15, 0.2) is 12.1 Å². The molecule has 0 bridgehead atoms. The Balaban J connectivity index is 3.38. The molecule has 0 heterocycles. The van der Waals surface area contributed by atoms with Crippen molar-refractivity contribution in [3.63, 3.8) is 0 Å². The maximum absolute atomic E-state index is 11.2. The highest BCUT2D eigenvalue weighted by Crippen LogP contribution is 2.18. The number of benzene rings is 1. The molecule has 0 aliphatic carbocycles. The van der Waals surface area contributed by atoms with Gasteiger partial charge in [-0.05, 0) is 31.9 Å². The van der Waals surface area contributed by atoms with E-state index in [2.05, 4.69) is 0 Å². The average Bonchev–Trinajstić information content (AvgIpc) is 1.82. The second kappa shape index (κ2) is 3.56. The maximum Gasteiger partial charge on any atom is 0.222 e. The molecule has 0 aliphatic rings. The molecule has 0 aliphatic heterocycles. The van der Waals surface area contributed by atoms with E-state index in [1.54, 1.807) is 0 Å². The van der Waals surface area contributed by atoms with E-state index in [4.69, 9.17) is 0 Å². The second-order valence-corrected chi connectivity index (χ2v) is 4.03. The minimum absolute atomic E-state index is 0.127. The molecule has 1 rings (SSSR count). The predicted octanol–water partition coefficient (Wildman–Crippen LogP) is 3.19. The molecule has 0 unspecified atom stereocenters. The van der Waals surface area contributed by atoms with Gasteiger partial charge in [0.2, 0.25) is 3.79 Å². The van der Waals surface area contributed by atoms with Crippen molar-refractivity contribution >= 4 is 26.4 Å². The zero-order valence-corrected chi connectivity index (χ0v) is 9.60. The van der Waals surface area contributed by atoms with E-state index in [-0.39, 0.29) is 3.79 Å². The van der Waals surface area contributed by atoms with Crippen molar-refractivity contribution in [3.8, 4) is 0 Å². The van der Waals surface area contributed by atoms with E-state index in [9.17, 15) is 4.79 Å². The average molecular weight is 274 g/mol. The molecule has 0 N–H and O–H groups in total. The number of carbonyl (C=O) groups is 1. The zero-order valence-electron chi connectivity index (χ0n) is 7.44. The van der Waals surface area contributed by atoms with Crippen LogP contribution in [0.3, 0.4) is 0 Å². The topological polar surface area (TPSA) is 17.1 Å². The van der Waals surface area contributed by atoms with Gasteiger partial charge in [0.25, 0.3) is 0 Å². The van der Waals surface area contributed by atoms with Crippen molar-refractivity contribution in [1.82, 2.24) is 0 Å². The summed E-state index contributed by atoms with van der Waals surface area (Å²) < 4.78 is 0.127. The van der Waals surface area contributed by atoms with Crippen molar-refractivity contribution in [2.45, 2.75) is 20.8 Å². The largest absolute Gasteiger partial charge is 0.282 e. The van der Waals surface area contributed by atoms with Crippen LogP contribution in [0.1, 0.15) is 27.0 Å². The summed E-state index contributed by atoms with van der Waals surface area (Å²) in [5.41, 5.74) is 4.23. The van der Waals surface area contributed by atoms with E-state index in [0.29, 0.717) is 0 Å². The van der Waals surface area contributed by atoms with E-state index in [1.165, 1.54) is 5.56 Å². The monoisotopic (exact) mass is 274 g/mol. The lowest BCUT2D eigenvalue weighted by Gasteiger charge is -2.06. The van der Waals surface area contributed by atoms with E-state index in [1.807, 2.05) is 55.5 Å². The fourth-order valence-electron chi connectivity index (χ4n) is 1.49. The minimum Gasteiger partial charge on any atom is -0.282 e. The highest BCUT2D eigenvalue weighted by Gasteiger charge is 2.08. The molecular formula is C10H11IO. The number of hydrogen-bond acceptors (Lipinski definition) is 1. The summed E-state index contributed by atoms with van der Waals surface area (Å²) in [6.07, 6.45) is 0. The summed E-state index contributed by atoms with van der Waals surface area (Å²) >= 11 is 1.83. The highest BCUT2D eigenvalue weighted by atomic mass is 127. The Morgan fingerprint density at radius 1 is 1.17 bits per heavy atom. The summed E-state index contributed by atoms with van der Waals surface area (Å²) in [6, 6.07) is 4.08. The molecular weight excluding hydrogens is 263 g/mol. The number of aryl methyl sites for hydroxylation is 3. The molecule has 1 aromatic carbocycles. The summed E-state index contributed by atoms with van der Waals surface area (Å²) in [4.78, 5) is 11.2. The maximum atomic E-state index is 11.2. The minimum atomic E-state index is 0.127. The van der Waals surface area contributed by atoms with Crippen LogP contribution in [0.4, 0.5) is 0 Å². The Kier molecular flexibility index (Phi) is 2.88. The van der Waals surface area contributed by atoms with E-state index < -0.39 is 0 Å². The van der Waals surface area contributed by atoms with Crippen molar-refractivity contribution in [3.05, 3.63) is 34.4 Å². The fraction of sp³-hybridized carbons (Fsp3) is 0.300. The molecule has 0 saturated carbocycles. The first-order chi connectivity index (χ1) is 5.52. The standard InChI is InChI=1S/C10H11IO/c1-6-4-7(2)9(10(11)12)8(3)5-6/h4-5H,1-3H3. The molecule has 0 aromatic heterocycles. The van der Waals surface area contributed by atoms with Gasteiger partial charge < -0.3 is 0 Å². The normalized spacial score (nSPS) is 10.0. The Labute approximate surface area is 86.3 Å². The zero-order chi connectivity index (χ0) is 9.30. The van der Waals surface area contributed by atoms with Crippen molar-refractivity contribution in [2.75, 3.05) is 0 Å². The first-order valence-corrected chi connectivity index (χ1v) is 4.88. The summed E-state index contributed by atoms with van der Waals surface area (Å²) in [5, 5.41) is 0. The third-order valence-corrected chi connectivity index (χ3v) is 2.41. The molecule has 2 heteroatoms. The van der Waals surface area contributed by atoms with Gasteiger partial charge in [0.15, 0.2) is 0 Å². The number of rotatable bonds is 1. The first-order valence-electron chi connectivity index (χ1n) is 3.80. The van der Waals surface area contributed by atoms with Crippen molar-refractivity contribution in [2.24, 2.45) is 0 Å². The summed E-state index contributed by atoms with van der Waals surface area (Å²) in [5.74, 6) is 0. The second-order valence-electron chi connectivity index (χ2n) is 3.05. The van der Waals surface area contributed by atoms with Gasteiger partial charge in [0.05, 0.1) is 0 Å². The van der Waals surface area contributed by atoms with Gasteiger partial charge in [-0.25, -0.2) is 0 Å². The molecule has 64 valence electrons. The first kappa shape index (κ1) is 9.71. The van der Waals surface area contributed by atoms with Crippen LogP contribution in [0.25, 0.3) is 0 Å². The van der Waals surface area contributed by atoms with Gasteiger partial charge in [-0.15, -0.1) is 0 Å². The van der Waals surface area contributed by atoms with Crippen LogP contribution < -0.4 is 0 Å². The number of carbonyl (C=O) groups excluding carboxylic acids is 1. The Morgan fingerprint density at radius 2 is 1.58 bits per heavy atom. The van der Waals surface area contributed by atoms with E-state index in [0.717, 1.165) is 16.7 Å². The molecule has 0 atom stereocenters. The van der Waals surface area contributed by atoms with Gasteiger partial charge in [-0.3, -0.25) is 4.79 Å². The van der Waals surface area contributed by atoms with Crippen LogP contribution in [0, 0.1) is 20.8 Å². The van der Waals surface area contributed by atoms with Gasteiger partial charge in [-0.2, -0.15) is 0 Å². The SMILES string of the molecule is Cc1cc(C)c(C(=O)I)c(C)c1. The van der Waals surface area contributed by atoms with Crippen molar-refractivity contribution < 1.29 is 4.79 Å². The third kappa shape index (κ3) is 1.86. The molecule has 0 saturated heterocycles. The molecule has 1 aromatic rings. The summed E-state index contributed by atoms with van der Waals surface area (Å²) in [6.45, 7) is 6.00. The van der Waals surface area contributed by atoms with Crippen LogP contribution >= 0.6 is 22.6 Å². The van der Waals surface area contributed by atoms with Gasteiger partial charge in [0.1, 0.15) is 0 Å². The fourth-order valence-corrected chi connectivity index (χ4v) is 2.34. The molecule has 0 fully saturated rings. The number of hydrogen-bond donors (Lipinski definition) is 0. The highest BCUT2D eigenvalue weighted by molar-refractivity contribution is 14.1. The molecule has 0 spiro atoms. The lowest BCUT2D eigenvalue weighted by molar-refractivity contribution is 0.110. The Morgan fingerprint density at radius 3 is 1.92 bits per heavy atom. The van der Waals surface area contributed by atoms with Gasteiger partial charge in [0, 0.05) is 28.2 Å². The lowest BCUT2D eigenvalue weighted by atomic mass is 10.0. The Bertz CT molecular complexity index is 306. The predicted molar refractivity (Wildman–Crippen MR) is 59.0 cm³/mol. The van der Waals surface area contributed by atoms with Crippen LogP contribution in [0.5, 0.6) is 0 Å². The summed E-state index contributed by atoms with van der Waals surface area (Å²) in [7, 11) is 0. The molecule has 1 nitrogen and oxygen atoms in total. The van der Waals surface area contributed by atoms with Crippen LogP contribution in [0.2, 0.25) is 0 Å². The van der Waals surface area contributed by atoms with Crippen molar-refractivity contribution in [1.29, 1.82) is 0 Å².